The second-order valence-corrected chi connectivity index (χ2v) is 5.35. The Hall–Kier alpha value is -2.53. The number of aromatic nitrogens is 4. The minimum Gasteiger partial charge on any atom is -0.294 e. The van der Waals surface area contributed by atoms with Gasteiger partial charge in [0, 0.05) is 18.8 Å². The van der Waals surface area contributed by atoms with Crippen molar-refractivity contribution in [3.8, 4) is 5.69 Å². The van der Waals surface area contributed by atoms with Gasteiger partial charge in [0.05, 0.1) is 11.4 Å². The predicted molar refractivity (Wildman–Crippen MR) is 85.5 cm³/mol. The molecule has 0 spiro atoms. The van der Waals surface area contributed by atoms with Gasteiger partial charge in [0.25, 0.3) is 0 Å². The summed E-state index contributed by atoms with van der Waals surface area (Å²) < 4.78 is 1.75. The summed E-state index contributed by atoms with van der Waals surface area (Å²) in [4.78, 5) is 10.7. The second-order valence-electron chi connectivity index (χ2n) is 5.35. The zero-order valence-corrected chi connectivity index (χ0v) is 12.8. The molecule has 3 rings (SSSR count). The van der Waals surface area contributed by atoms with Crippen LogP contribution < -0.4 is 0 Å². The molecule has 3 aromatic rings. The van der Waals surface area contributed by atoms with Gasteiger partial charge in [0.2, 0.25) is 0 Å². The highest BCUT2D eigenvalue weighted by molar-refractivity contribution is 5.33. The third kappa shape index (κ3) is 3.20. The van der Waals surface area contributed by atoms with Gasteiger partial charge in [-0.25, -0.2) is 9.67 Å². The third-order valence-corrected chi connectivity index (χ3v) is 3.83. The van der Waals surface area contributed by atoms with Gasteiger partial charge < -0.3 is 0 Å². The van der Waals surface area contributed by atoms with Crippen molar-refractivity contribution in [2.75, 3.05) is 7.05 Å². The molecule has 0 saturated heterocycles. The van der Waals surface area contributed by atoms with Gasteiger partial charge in [-0.15, -0.1) is 0 Å². The zero-order chi connectivity index (χ0) is 15.4. The fourth-order valence-electron chi connectivity index (χ4n) is 2.37. The van der Waals surface area contributed by atoms with E-state index in [4.69, 9.17) is 0 Å². The lowest BCUT2D eigenvalue weighted by molar-refractivity contribution is 0.248. The molecule has 0 N–H and O–H groups in total. The van der Waals surface area contributed by atoms with Gasteiger partial charge >= 0.3 is 0 Å². The molecule has 0 amide bonds. The maximum atomic E-state index is 4.43. The Morgan fingerprint density at radius 1 is 1.14 bits per heavy atom. The maximum Gasteiger partial charge on any atom is 0.138 e. The van der Waals surface area contributed by atoms with Gasteiger partial charge in [-0.05, 0) is 43.8 Å². The molecular formula is C17H19N5. The highest BCUT2D eigenvalue weighted by Crippen LogP contribution is 2.19. The van der Waals surface area contributed by atoms with Gasteiger partial charge in [0.15, 0.2) is 0 Å². The van der Waals surface area contributed by atoms with E-state index in [2.05, 4.69) is 64.3 Å². The first-order valence-corrected chi connectivity index (χ1v) is 7.29. The van der Waals surface area contributed by atoms with Crippen LogP contribution in [0.1, 0.15) is 24.2 Å². The Morgan fingerprint density at radius 3 is 2.59 bits per heavy atom. The number of rotatable bonds is 5. The summed E-state index contributed by atoms with van der Waals surface area (Å²) in [6.07, 6.45) is 5.08. The van der Waals surface area contributed by atoms with Crippen molar-refractivity contribution < 1.29 is 0 Å². The van der Waals surface area contributed by atoms with Crippen molar-refractivity contribution in [3.63, 3.8) is 0 Å². The van der Waals surface area contributed by atoms with Crippen molar-refractivity contribution >= 4 is 0 Å². The van der Waals surface area contributed by atoms with E-state index in [1.54, 1.807) is 11.0 Å². The van der Waals surface area contributed by atoms with Gasteiger partial charge in [-0.2, -0.15) is 5.10 Å². The topological polar surface area (TPSA) is 46.8 Å². The van der Waals surface area contributed by atoms with E-state index in [1.807, 2.05) is 18.3 Å². The molecule has 2 heterocycles. The van der Waals surface area contributed by atoms with Gasteiger partial charge in [-0.3, -0.25) is 9.88 Å². The quantitative estimate of drug-likeness (QED) is 0.725. The SMILES string of the molecule is C[C@H](c1ccccn1)N(C)Cc1ccc(-n2cncn2)cc1. The van der Waals surface area contributed by atoms with E-state index in [1.165, 1.54) is 11.9 Å². The molecule has 22 heavy (non-hydrogen) atoms. The van der Waals surface area contributed by atoms with Crippen LogP contribution in [0.15, 0.2) is 61.3 Å². The largest absolute Gasteiger partial charge is 0.294 e. The molecule has 0 aliphatic rings. The van der Waals surface area contributed by atoms with E-state index < -0.39 is 0 Å². The third-order valence-electron chi connectivity index (χ3n) is 3.83. The average molecular weight is 293 g/mol. The number of nitrogens with zero attached hydrogens (tertiary/aromatic N) is 5. The lowest BCUT2D eigenvalue weighted by atomic mass is 10.1. The van der Waals surface area contributed by atoms with Crippen molar-refractivity contribution in [2.45, 2.75) is 19.5 Å². The first-order chi connectivity index (χ1) is 10.7. The van der Waals surface area contributed by atoms with Crippen molar-refractivity contribution in [2.24, 2.45) is 0 Å². The molecule has 2 aromatic heterocycles. The molecule has 0 radical (unpaired) electrons. The number of benzene rings is 1. The van der Waals surface area contributed by atoms with E-state index in [9.17, 15) is 0 Å². The fraction of sp³-hybridized carbons (Fsp3) is 0.235. The summed E-state index contributed by atoms with van der Waals surface area (Å²) in [6, 6.07) is 14.7. The molecule has 5 nitrogen and oxygen atoms in total. The van der Waals surface area contributed by atoms with Gasteiger partial charge in [0.1, 0.15) is 12.7 Å². The van der Waals surface area contributed by atoms with Crippen LogP contribution >= 0.6 is 0 Å². The summed E-state index contributed by atoms with van der Waals surface area (Å²) in [5, 5.41) is 4.13. The number of hydrogen-bond donors (Lipinski definition) is 0. The van der Waals surface area contributed by atoms with Gasteiger partial charge in [-0.1, -0.05) is 18.2 Å². The smallest absolute Gasteiger partial charge is 0.138 e. The number of hydrogen-bond acceptors (Lipinski definition) is 4. The number of pyridine rings is 1. The van der Waals surface area contributed by atoms with Crippen molar-refractivity contribution in [1.82, 2.24) is 24.6 Å². The molecular weight excluding hydrogens is 274 g/mol. The molecule has 1 aromatic carbocycles. The van der Waals surface area contributed by atoms with Crippen LogP contribution in [-0.2, 0) is 6.54 Å². The summed E-state index contributed by atoms with van der Waals surface area (Å²) >= 11 is 0. The first kappa shape index (κ1) is 14.4. The van der Waals surface area contributed by atoms with E-state index in [-0.39, 0.29) is 6.04 Å². The Labute approximate surface area is 130 Å². The average Bonchev–Trinajstić information content (AvgIpc) is 3.10. The molecule has 0 saturated carbocycles. The first-order valence-electron chi connectivity index (χ1n) is 7.29. The molecule has 1 atom stereocenters. The lowest BCUT2D eigenvalue weighted by Crippen LogP contribution is -2.22. The molecule has 112 valence electrons. The molecule has 5 heteroatoms. The summed E-state index contributed by atoms with van der Waals surface area (Å²) in [6.45, 7) is 3.04. The standard InChI is InChI=1S/C17H19N5/c1-14(17-5-3-4-10-19-17)21(2)11-15-6-8-16(9-7-15)22-13-18-12-20-22/h3-10,12-14H,11H2,1-2H3/t14-/m1/s1. The Kier molecular flexibility index (Phi) is 4.25. The monoisotopic (exact) mass is 293 g/mol. The maximum absolute atomic E-state index is 4.43. The highest BCUT2D eigenvalue weighted by atomic mass is 15.3. The normalized spacial score (nSPS) is 12.5. The van der Waals surface area contributed by atoms with Crippen LogP contribution in [0.2, 0.25) is 0 Å². The molecule has 0 bridgehead atoms. The Bertz CT molecular complexity index is 692. The molecule has 0 fully saturated rings. The molecule has 0 unspecified atom stereocenters. The van der Waals surface area contributed by atoms with Crippen LogP contribution in [-0.4, -0.2) is 31.7 Å². The second kappa shape index (κ2) is 6.49. The highest BCUT2D eigenvalue weighted by Gasteiger charge is 2.12. The van der Waals surface area contributed by atoms with E-state index >= 15 is 0 Å². The van der Waals surface area contributed by atoms with E-state index in [0.29, 0.717) is 0 Å². The minimum absolute atomic E-state index is 0.274. The summed E-state index contributed by atoms with van der Waals surface area (Å²) in [5.74, 6) is 0. The summed E-state index contributed by atoms with van der Waals surface area (Å²) in [7, 11) is 2.12. The van der Waals surface area contributed by atoms with Crippen LogP contribution in [0.25, 0.3) is 5.69 Å². The lowest BCUT2D eigenvalue weighted by Gasteiger charge is -2.24. The molecule has 0 aliphatic carbocycles. The predicted octanol–water partition coefficient (Wildman–Crippen LogP) is 2.86. The van der Waals surface area contributed by atoms with Crippen LogP contribution in [0.5, 0.6) is 0 Å². The fourth-order valence-corrected chi connectivity index (χ4v) is 2.37. The Morgan fingerprint density at radius 2 is 1.95 bits per heavy atom. The van der Waals surface area contributed by atoms with Crippen LogP contribution in [0.3, 0.4) is 0 Å². The van der Waals surface area contributed by atoms with Crippen molar-refractivity contribution in [1.29, 1.82) is 0 Å². The Balaban J connectivity index is 1.68. The van der Waals surface area contributed by atoms with E-state index in [0.717, 1.165) is 17.9 Å². The van der Waals surface area contributed by atoms with Crippen molar-refractivity contribution in [3.05, 3.63) is 72.6 Å². The minimum atomic E-state index is 0.274. The van der Waals surface area contributed by atoms with Crippen LogP contribution in [0, 0.1) is 0 Å². The van der Waals surface area contributed by atoms with Crippen LogP contribution in [0.4, 0.5) is 0 Å². The molecule has 0 aliphatic heterocycles. The zero-order valence-electron chi connectivity index (χ0n) is 12.8. The summed E-state index contributed by atoms with van der Waals surface area (Å²) in [5.41, 5.74) is 3.36.